The molecule has 2 aromatic carbocycles. The van der Waals surface area contributed by atoms with E-state index in [4.69, 9.17) is 4.74 Å². The molecule has 0 aliphatic rings. The Balaban J connectivity index is 1.84. The molecule has 4 rings (SSSR count). The maximum Gasteiger partial charge on any atom is 0.229 e. The second-order valence-electron chi connectivity index (χ2n) is 6.69. The van der Waals surface area contributed by atoms with Gasteiger partial charge in [-0.3, -0.25) is 9.52 Å². The van der Waals surface area contributed by atoms with Crippen LogP contribution in [0.15, 0.2) is 30.3 Å². The fourth-order valence-electron chi connectivity index (χ4n) is 3.33. The lowest BCUT2D eigenvalue weighted by Crippen LogP contribution is -2.09. The van der Waals surface area contributed by atoms with Gasteiger partial charge in [0.2, 0.25) is 15.9 Å². The third-order valence-corrected chi connectivity index (χ3v) is 5.10. The molecule has 0 aliphatic carbocycles. The Morgan fingerprint density at radius 3 is 2.59 bits per heavy atom. The highest BCUT2D eigenvalue weighted by atomic mass is 32.2. The summed E-state index contributed by atoms with van der Waals surface area (Å²) in [6.45, 7) is 1.39. The zero-order chi connectivity index (χ0) is 20.9. The fraction of sp³-hybridized carbons (Fsp3) is 0.158. The van der Waals surface area contributed by atoms with Gasteiger partial charge in [0.25, 0.3) is 0 Å². The molecule has 9 nitrogen and oxygen atoms in total. The summed E-state index contributed by atoms with van der Waals surface area (Å²) in [7, 11) is -1.93. The van der Waals surface area contributed by atoms with Crippen molar-refractivity contribution in [2.75, 3.05) is 18.1 Å². The number of Topliss-reactive ketones (excluding diaryl/α,β-unsaturated/α-hetero) is 1. The molecule has 2 aromatic heterocycles. The molecule has 150 valence electrons. The van der Waals surface area contributed by atoms with E-state index in [0.29, 0.717) is 44.8 Å². The first kappa shape index (κ1) is 18.8. The standard InChI is InChI=1S/C19H18N4O5S/c1-9(24)17-12-7-14-15(8-13(12)22-19(17)25)21-18(20-14)11-5-4-10(6-16(11)28-2)23-29(3,26)27/h4-8,22-23,25H,1-3H3,(H,20,21). The second-order valence-corrected chi connectivity index (χ2v) is 8.44. The molecule has 0 aliphatic heterocycles. The van der Waals surface area contributed by atoms with Gasteiger partial charge in [-0.1, -0.05) is 0 Å². The van der Waals surface area contributed by atoms with Crippen LogP contribution in [0.2, 0.25) is 0 Å². The summed E-state index contributed by atoms with van der Waals surface area (Å²) < 4.78 is 30.7. The number of methoxy groups -OCH3 is 1. The number of hydrogen-bond donors (Lipinski definition) is 4. The molecular formula is C19H18N4O5S. The van der Waals surface area contributed by atoms with Crippen LogP contribution >= 0.6 is 0 Å². The molecule has 2 heterocycles. The van der Waals surface area contributed by atoms with Gasteiger partial charge in [0.15, 0.2) is 5.78 Å². The topological polar surface area (TPSA) is 137 Å². The Morgan fingerprint density at radius 2 is 1.93 bits per heavy atom. The van der Waals surface area contributed by atoms with Crippen molar-refractivity contribution in [2.24, 2.45) is 0 Å². The Morgan fingerprint density at radius 1 is 1.17 bits per heavy atom. The lowest BCUT2D eigenvalue weighted by atomic mass is 10.1. The number of sulfonamides is 1. The van der Waals surface area contributed by atoms with Gasteiger partial charge in [0.1, 0.15) is 11.6 Å². The van der Waals surface area contributed by atoms with E-state index in [1.54, 1.807) is 30.3 Å². The van der Waals surface area contributed by atoms with Gasteiger partial charge in [-0.25, -0.2) is 13.4 Å². The highest BCUT2D eigenvalue weighted by Gasteiger charge is 2.18. The van der Waals surface area contributed by atoms with E-state index >= 15 is 0 Å². The molecule has 0 radical (unpaired) electrons. The smallest absolute Gasteiger partial charge is 0.229 e. The summed E-state index contributed by atoms with van der Waals surface area (Å²) in [5.41, 5.74) is 3.14. The molecule has 0 saturated carbocycles. The number of H-pyrrole nitrogens is 2. The number of nitrogens with zero attached hydrogens (tertiary/aromatic N) is 1. The second kappa shape index (κ2) is 6.52. The molecule has 0 fully saturated rings. The predicted molar refractivity (Wildman–Crippen MR) is 110 cm³/mol. The quantitative estimate of drug-likeness (QED) is 0.371. The van der Waals surface area contributed by atoms with E-state index in [2.05, 4.69) is 19.7 Å². The lowest BCUT2D eigenvalue weighted by molar-refractivity contribution is 0.101. The van der Waals surface area contributed by atoms with Crippen molar-refractivity contribution in [2.45, 2.75) is 6.92 Å². The average molecular weight is 414 g/mol. The Bertz CT molecular complexity index is 1380. The van der Waals surface area contributed by atoms with Crippen LogP contribution in [-0.4, -0.2) is 47.6 Å². The number of carbonyl (C=O) groups is 1. The molecule has 0 saturated heterocycles. The van der Waals surface area contributed by atoms with E-state index in [-0.39, 0.29) is 17.2 Å². The number of fused-ring (bicyclic) bond motifs is 2. The number of aromatic hydroxyl groups is 1. The van der Waals surface area contributed by atoms with Crippen LogP contribution in [0.4, 0.5) is 5.69 Å². The molecule has 29 heavy (non-hydrogen) atoms. The van der Waals surface area contributed by atoms with Gasteiger partial charge in [0, 0.05) is 11.5 Å². The monoisotopic (exact) mass is 414 g/mol. The lowest BCUT2D eigenvalue weighted by Gasteiger charge is -2.09. The van der Waals surface area contributed by atoms with Gasteiger partial charge >= 0.3 is 0 Å². The third kappa shape index (κ3) is 3.38. The minimum absolute atomic E-state index is 0.170. The first-order chi connectivity index (χ1) is 13.7. The van der Waals surface area contributed by atoms with Crippen LogP contribution in [0.3, 0.4) is 0 Å². The van der Waals surface area contributed by atoms with Crippen molar-refractivity contribution in [3.63, 3.8) is 0 Å². The number of hydrogen-bond acceptors (Lipinski definition) is 6. The highest BCUT2D eigenvalue weighted by molar-refractivity contribution is 7.92. The number of nitrogens with one attached hydrogen (secondary N) is 3. The number of ether oxygens (including phenoxy) is 1. The number of aromatic nitrogens is 3. The number of aromatic amines is 2. The molecule has 0 unspecified atom stereocenters. The van der Waals surface area contributed by atoms with E-state index in [1.807, 2.05) is 0 Å². The SMILES string of the molecule is COc1cc(NS(C)(=O)=O)ccc1-c1nc2cc3[nH]c(O)c(C(C)=O)c3cc2[nH]1. The summed E-state index contributed by atoms with van der Waals surface area (Å²) in [6.07, 6.45) is 1.07. The highest BCUT2D eigenvalue weighted by Crippen LogP contribution is 2.35. The number of carbonyl (C=O) groups excluding carboxylic acids is 1. The minimum Gasteiger partial charge on any atom is -0.496 e. The van der Waals surface area contributed by atoms with Gasteiger partial charge in [-0.15, -0.1) is 0 Å². The molecule has 10 heteroatoms. The van der Waals surface area contributed by atoms with E-state index in [9.17, 15) is 18.3 Å². The molecule has 0 amide bonds. The van der Waals surface area contributed by atoms with Crippen molar-refractivity contribution < 1.29 is 23.1 Å². The fourth-order valence-corrected chi connectivity index (χ4v) is 3.89. The normalized spacial score (nSPS) is 11.8. The maximum atomic E-state index is 11.8. The molecule has 4 N–H and O–H groups in total. The van der Waals surface area contributed by atoms with Crippen LogP contribution < -0.4 is 9.46 Å². The van der Waals surface area contributed by atoms with Crippen molar-refractivity contribution in [3.8, 4) is 23.0 Å². The Labute approximate surface area is 165 Å². The van der Waals surface area contributed by atoms with Crippen molar-refractivity contribution in [3.05, 3.63) is 35.9 Å². The summed E-state index contributed by atoms with van der Waals surface area (Å²) in [6, 6.07) is 8.37. The number of imidazole rings is 1. The summed E-state index contributed by atoms with van der Waals surface area (Å²) in [5, 5.41) is 10.6. The van der Waals surface area contributed by atoms with Gasteiger partial charge in [0.05, 0.1) is 46.7 Å². The number of ketones is 1. The van der Waals surface area contributed by atoms with Crippen LogP contribution in [0, 0.1) is 0 Å². The van der Waals surface area contributed by atoms with Crippen LogP contribution in [0.5, 0.6) is 11.6 Å². The summed E-state index contributed by atoms with van der Waals surface area (Å²) in [5.74, 6) is 0.536. The van der Waals surface area contributed by atoms with Crippen LogP contribution in [0.25, 0.3) is 33.3 Å². The number of anilines is 1. The Hall–Kier alpha value is -3.53. The molecule has 4 aromatic rings. The van der Waals surface area contributed by atoms with E-state index in [0.717, 1.165) is 6.26 Å². The van der Waals surface area contributed by atoms with E-state index in [1.165, 1.54) is 14.0 Å². The maximum absolute atomic E-state index is 11.8. The van der Waals surface area contributed by atoms with E-state index < -0.39 is 10.0 Å². The van der Waals surface area contributed by atoms with Gasteiger partial charge in [-0.2, -0.15) is 0 Å². The minimum atomic E-state index is -3.41. The summed E-state index contributed by atoms with van der Waals surface area (Å²) in [4.78, 5) is 22.4. The van der Waals surface area contributed by atoms with Crippen molar-refractivity contribution in [1.29, 1.82) is 0 Å². The molecule has 0 spiro atoms. The molecular weight excluding hydrogens is 396 g/mol. The molecule has 0 atom stereocenters. The van der Waals surface area contributed by atoms with Gasteiger partial charge in [-0.05, 0) is 31.2 Å². The van der Waals surface area contributed by atoms with Crippen molar-refractivity contribution >= 4 is 43.4 Å². The Kier molecular flexibility index (Phi) is 4.23. The zero-order valence-electron chi connectivity index (χ0n) is 15.8. The largest absolute Gasteiger partial charge is 0.496 e. The number of benzene rings is 2. The first-order valence-electron chi connectivity index (χ1n) is 8.58. The summed E-state index contributed by atoms with van der Waals surface area (Å²) >= 11 is 0. The number of rotatable bonds is 5. The zero-order valence-corrected chi connectivity index (χ0v) is 16.6. The predicted octanol–water partition coefficient (Wildman–Crippen LogP) is 3.00. The third-order valence-electron chi connectivity index (χ3n) is 4.49. The first-order valence-corrected chi connectivity index (χ1v) is 10.5. The van der Waals surface area contributed by atoms with Gasteiger partial charge < -0.3 is 19.8 Å². The van der Waals surface area contributed by atoms with Crippen LogP contribution in [0.1, 0.15) is 17.3 Å². The average Bonchev–Trinajstić information content (AvgIpc) is 3.16. The van der Waals surface area contributed by atoms with Crippen molar-refractivity contribution in [1.82, 2.24) is 15.0 Å². The van der Waals surface area contributed by atoms with Crippen LogP contribution in [-0.2, 0) is 10.0 Å². The molecule has 0 bridgehead atoms.